The van der Waals surface area contributed by atoms with Gasteiger partial charge in [-0.3, -0.25) is 0 Å². The fourth-order valence-electron chi connectivity index (χ4n) is 4.30. The smallest absolute Gasteiger partial charge is 0.0700 e. The van der Waals surface area contributed by atoms with E-state index < -0.39 is 0 Å². The molecule has 3 nitrogen and oxygen atoms in total. The molecule has 2 aliphatic heterocycles. The van der Waals surface area contributed by atoms with Crippen molar-refractivity contribution in [3.8, 4) is 0 Å². The van der Waals surface area contributed by atoms with Crippen molar-refractivity contribution in [2.45, 2.75) is 64.1 Å². The highest BCUT2D eigenvalue weighted by atomic mass is 16.5. The second-order valence-corrected chi connectivity index (χ2v) is 7.07. The van der Waals surface area contributed by atoms with E-state index >= 15 is 0 Å². The lowest BCUT2D eigenvalue weighted by molar-refractivity contribution is 0.0215. The van der Waals surface area contributed by atoms with Crippen LogP contribution in [0.15, 0.2) is 0 Å². The second kappa shape index (κ2) is 6.11. The Kier molecular flexibility index (Phi) is 4.45. The molecule has 19 heavy (non-hydrogen) atoms. The van der Waals surface area contributed by atoms with Crippen LogP contribution in [-0.4, -0.2) is 49.3 Å². The monoisotopic (exact) mass is 266 g/mol. The Morgan fingerprint density at radius 3 is 2.42 bits per heavy atom. The molecule has 0 amide bonds. The average molecular weight is 266 g/mol. The number of likely N-dealkylation sites (tertiary alicyclic amines) is 1. The van der Waals surface area contributed by atoms with Crippen LogP contribution in [0.1, 0.15) is 46.0 Å². The molecule has 3 rings (SSSR count). The van der Waals surface area contributed by atoms with E-state index in [1.165, 1.54) is 45.2 Å². The predicted octanol–water partition coefficient (Wildman–Crippen LogP) is 2.26. The molecule has 1 N–H and O–H groups in total. The lowest BCUT2D eigenvalue weighted by Crippen LogP contribution is -2.59. The fourth-order valence-corrected chi connectivity index (χ4v) is 4.30. The van der Waals surface area contributed by atoms with Gasteiger partial charge in [-0.25, -0.2) is 0 Å². The third-order valence-corrected chi connectivity index (χ3v) is 5.44. The maximum atomic E-state index is 5.75. The molecule has 1 saturated carbocycles. The minimum absolute atomic E-state index is 0.490. The number of nitrogens with one attached hydrogen (secondary N) is 1. The first-order valence-corrected chi connectivity index (χ1v) is 8.33. The molecule has 110 valence electrons. The fraction of sp³-hybridized carbons (Fsp3) is 1.00. The summed E-state index contributed by atoms with van der Waals surface area (Å²) in [6.45, 7) is 9.35. The van der Waals surface area contributed by atoms with Crippen LogP contribution in [0.2, 0.25) is 0 Å². The van der Waals surface area contributed by atoms with Crippen molar-refractivity contribution in [3.63, 3.8) is 0 Å². The molecule has 2 heterocycles. The minimum atomic E-state index is 0.490. The third-order valence-electron chi connectivity index (χ3n) is 5.44. The average Bonchev–Trinajstić information content (AvgIpc) is 2.88. The Bertz CT molecular complexity index is 274. The summed E-state index contributed by atoms with van der Waals surface area (Å²) in [7, 11) is 0. The van der Waals surface area contributed by atoms with E-state index in [4.69, 9.17) is 4.74 Å². The highest BCUT2D eigenvalue weighted by Crippen LogP contribution is 2.35. The Balaban J connectivity index is 1.55. The van der Waals surface area contributed by atoms with E-state index in [1.807, 2.05) is 0 Å². The van der Waals surface area contributed by atoms with Gasteiger partial charge in [0.25, 0.3) is 0 Å². The first-order valence-electron chi connectivity index (χ1n) is 8.33. The summed E-state index contributed by atoms with van der Waals surface area (Å²) in [4.78, 5) is 2.69. The maximum absolute atomic E-state index is 5.75. The quantitative estimate of drug-likeness (QED) is 0.845. The molecule has 3 aliphatic rings. The van der Waals surface area contributed by atoms with Crippen LogP contribution in [-0.2, 0) is 4.74 Å². The van der Waals surface area contributed by atoms with Gasteiger partial charge in [-0.05, 0) is 51.4 Å². The van der Waals surface area contributed by atoms with Crippen LogP contribution in [0, 0.1) is 11.8 Å². The van der Waals surface area contributed by atoms with Crippen molar-refractivity contribution in [2.24, 2.45) is 11.8 Å². The molecule has 0 aromatic heterocycles. The van der Waals surface area contributed by atoms with E-state index in [0.29, 0.717) is 12.1 Å². The van der Waals surface area contributed by atoms with E-state index in [2.05, 4.69) is 24.1 Å². The summed E-state index contributed by atoms with van der Waals surface area (Å²) in [5, 5.41) is 3.87. The van der Waals surface area contributed by atoms with Gasteiger partial charge >= 0.3 is 0 Å². The summed E-state index contributed by atoms with van der Waals surface area (Å²) in [5.41, 5.74) is 0. The van der Waals surface area contributed by atoms with Gasteiger partial charge in [0.2, 0.25) is 0 Å². The molecule has 1 aliphatic carbocycles. The number of nitrogens with zero attached hydrogens (tertiary/aromatic N) is 1. The van der Waals surface area contributed by atoms with E-state index in [1.54, 1.807) is 0 Å². The number of fused-ring (bicyclic) bond motifs is 2. The lowest BCUT2D eigenvalue weighted by atomic mass is 9.73. The van der Waals surface area contributed by atoms with Gasteiger partial charge < -0.3 is 15.0 Å². The second-order valence-electron chi connectivity index (χ2n) is 7.07. The number of ether oxygens (including phenoxy) is 1. The minimum Gasteiger partial charge on any atom is -0.377 e. The van der Waals surface area contributed by atoms with Crippen LogP contribution in [0.5, 0.6) is 0 Å². The molecular formula is C16H30N2O. The number of piperidine rings is 1. The van der Waals surface area contributed by atoms with Crippen molar-refractivity contribution in [2.75, 3.05) is 26.2 Å². The Labute approximate surface area is 118 Å². The zero-order valence-electron chi connectivity index (χ0n) is 12.6. The molecule has 0 aromatic carbocycles. The highest BCUT2D eigenvalue weighted by molar-refractivity contribution is 4.95. The molecule has 0 spiro atoms. The topological polar surface area (TPSA) is 24.5 Å². The van der Waals surface area contributed by atoms with Crippen molar-refractivity contribution in [1.29, 1.82) is 0 Å². The Morgan fingerprint density at radius 1 is 1.11 bits per heavy atom. The van der Waals surface area contributed by atoms with Crippen LogP contribution in [0.25, 0.3) is 0 Å². The first-order chi connectivity index (χ1) is 9.24. The third kappa shape index (κ3) is 3.14. The highest BCUT2D eigenvalue weighted by Gasteiger charge is 2.39. The zero-order valence-corrected chi connectivity index (χ0v) is 12.6. The summed E-state index contributed by atoms with van der Waals surface area (Å²) in [5.74, 6) is 1.74. The number of rotatable bonds is 4. The van der Waals surface area contributed by atoms with Crippen LogP contribution in [0.4, 0.5) is 0 Å². The number of hydrogen-bond acceptors (Lipinski definition) is 3. The van der Waals surface area contributed by atoms with E-state index in [-0.39, 0.29) is 0 Å². The van der Waals surface area contributed by atoms with Crippen molar-refractivity contribution < 1.29 is 4.74 Å². The van der Waals surface area contributed by atoms with Gasteiger partial charge in [-0.1, -0.05) is 6.42 Å². The Hall–Kier alpha value is -0.120. The van der Waals surface area contributed by atoms with Gasteiger partial charge in [0.05, 0.1) is 6.10 Å². The van der Waals surface area contributed by atoms with Gasteiger partial charge in [0.1, 0.15) is 0 Å². The molecule has 0 radical (unpaired) electrons. The predicted molar refractivity (Wildman–Crippen MR) is 78.3 cm³/mol. The molecule has 3 unspecified atom stereocenters. The van der Waals surface area contributed by atoms with Gasteiger partial charge in [0.15, 0.2) is 0 Å². The summed E-state index contributed by atoms with van der Waals surface area (Å²) < 4.78 is 5.75. The van der Waals surface area contributed by atoms with Crippen LogP contribution in [0.3, 0.4) is 0 Å². The summed E-state index contributed by atoms with van der Waals surface area (Å²) in [6, 6.07) is 1.47. The number of hydrogen-bond donors (Lipinski definition) is 1. The van der Waals surface area contributed by atoms with Crippen molar-refractivity contribution >= 4 is 0 Å². The SMILES string of the molecule is CC(C)N1CC2CCCC(C1)C2NCC1CCCO1. The van der Waals surface area contributed by atoms with Gasteiger partial charge in [-0.2, -0.15) is 0 Å². The van der Waals surface area contributed by atoms with E-state index in [9.17, 15) is 0 Å². The summed E-state index contributed by atoms with van der Waals surface area (Å²) >= 11 is 0. The molecule has 3 fully saturated rings. The van der Waals surface area contributed by atoms with Gasteiger partial charge in [-0.15, -0.1) is 0 Å². The van der Waals surface area contributed by atoms with Crippen LogP contribution < -0.4 is 5.32 Å². The van der Waals surface area contributed by atoms with Crippen LogP contribution >= 0.6 is 0 Å². The Morgan fingerprint density at radius 2 is 1.84 bits per heavy atom. The van der Waals surface area contributed by atoms with Crippen molar-refractivity contribution in [3.05, 3.63) is 0 Å². The standard InChI is InChI=1S/C16H30N2O/c1-12(2)18-10-13-5-3-6-14(11-18)16(13)17-9-15-7-4-8-19-15/h12-17H,3-11H2,1-2H3. The first kappa shape index (κ1) is 13.8. The molecule has 2 bridgehead atoms. The van der Waals surface area contributed by atoms with E-state index in [0.717, 1.165) is 31.0 Å². The molecule has 3 heteroatoms. The van der Waals surface area contributed by atoms with Crippen molar-refractivity contribution in [1.82, 2.24) is 10.2 Å². The molecule has 3 atom stereocenters. The normalized spacial score (nSPS) is 39.9. The van der Waals surface area contributed by atoms with Gasteiger partial charge in [0, 0.05) is 38.3 Å². The maximum Gasteiger partial charge on any atom is 0.0700 e. The largest absolute Gasteiger partial charge is 0.377 e. The molecular weight excluding hydrogens is 236 g/mol. The summed E-state index contributed by atoms with van der Waals surface area (Å²) in [6.07, 6.45) is 7.28. The zero-order chi connectivity index (χ0) is 13.2. The lowest BCUT2D eigenvalue weighted by Gasteiger charge is -2.49. The molecule has 2 saturated heterocycles. The molecule has 0 aromatic rings.